The molecule has 1 atom stereocenters. The van der Waals surface area contributed by atoms with Crippen LogP contribution in [0.25, 0.3) is 0 Å². The van der Waals surface area contributed by atoms with Crippen LogP contribution in [0.5, 0.6) is 5.75 Å². The Labute approximate surface area is 197 Å². The minimum Gasteiger partial charge on any atom is -0.484 e. The molecule has 7 heteroatoms. The minimum atomic E-state index is -0.750. The summed E-state index contributed by atoms with van der Waals surface area (Å²) in [5.74, 6) is -0.434. The van der Waals surface area contributed by atoms with Gasteiger partial charge in [0.1, 0.15) is 17.6 Å². The molecule has 2 amide bonds. The van der Waals surface area contributed by atoms with E-state index >= 15 is 0 Å². The zero-order chi connectivity index (χ0) is 23.3. The van der Waals surface area contributed by atoms with Gasteiger partial charge in [-0.05, 0) is 62.9 Å². The summed E-state index contributed by atoms with van der Waals surface area (Å²) in [6.07, 6.45) is 4.09. The fourth-order valence-corrected chi connectivity index (χ4v) is 4.23. The maximum absolute atomic E-state index is 14.3. The Bertz CT molecular complexity index is 952. The van der Waals surface area contributed by atoms with Crippen LogP contribution in [-0.4, -0.2) is 35.4 Å². The van der Waals surface area contributed by atoms with E-state index in [1.165, 1.54) is 11.0 Å². The number of hydrogen-bond donors (Lipinski definition) is 1. The number of rotatable bonds is 8. The van der Waals surface area contributed by atoms with Crippen molar-refractivity contribution in [3.8, 4) is 5.75 Å². The SMILES string of the molecule is Cc1cc(OCC(=O)N(Cc2ccccc2F)C(C)C(=O)NC2CCCC2)cc(C)c1Br. The van der Waals surface area contributed by atoms with Gasteiger partial charge in [-0.15, -0.1) is 0 Å². The third kappa shape index (κ3) is 6.09. The first-order valence-corrected chi connectivity index (χ1v) is 11.8. The van der Waals surface area contributed by atoms with Crippen LogP contribution in [0.4, 0.5) is 4.39 Å². The van der Waals surface area contributed by atoms with Gasteiger partial charge in [-0.2, -0.15) is 0 Å². The molecule has 1 saturated carbocycles. The Morgan fingerprint density at radius 3 is 2.44 bits per heavy atom. The molecule has 0 spiro atoms. The number of hydrogen-bond acceptors (Lipinski definition) is 3. The second-order valence-corrected chi connectivity index (χ2v) is 9.23. The van der Waals surface area contributed by atoms with Gasteiger partial charge in [0.2, 0.25) is 5.91 Å². The molecule has 2 aromatic carbocycles. The number of benzene rings is 2. The lowest BCUT2D eigenvalue weighted by Crippen LogP contribution is -2.50. The topological polar surface area (TPSA) is 58.6 Å². The molecule has 0 radical (unpaired) electrons. The van der Waals surface area contributed by atoms with Crippen LogP contribution in [0.3, 0.4) is 0 Å². The van der Waals surface area contributed by atoms with E-state index in [9.17, 15) is 14.0 Å². The second kappa shape index (κ2) is 10.9. The molecule has 0 saturated heterocycles. The largest absolute Gasteiger partial charge is 0.484 e. The summed E-state index contributed by atoms with van der Waals surface area (Å²) in [6.45, 7) is 5.33. The molecule has 0 bridgehead atoms. The molecule has 0 aromatic heterocycles. The first-order chi connectivity index (χ1) is 15.3. The monoisotopic (exact) mass is 504 g/mol. The number of nitrogens with zero attached hydrogens (tertiary/aromatic N) is 1. The zero-order valence-corrected chi connectivity index (χ0v) is 20.4. The summed E-state index contributed by atoms with van der Waals surface area (Å²) in [6, 6.07) is 9.38. The van der Waals surface area contributed by atoms with E-state index in [1.807, 2.05) is 26.0 Å². The Morgan fingerprint density at radius 2 is 1.81 bits per heavy atom. The first kappa shape index (κ1) is 24.2. The third-order valence-corrected chi connectivity index (χ3v) is 7.19. The highest BCUT2D eigenvalue weighted by Gasteiger charge is 2.29. The van der Waals surface area contributed by atoms with Gasteiger partial charge >= 0.3 is 0 Å². The molecule has 0 heterocycles. The standard InChI is InChI=1S/C25H30BrFN2O3/c1-16-12-21(13-17(2)24(16)26)32-15-23(30)29(14-19-8-4-7-11-22(19)27)18(3)25(31)28-20-9-5-6-10-20/h4,7-8,11-13,18,20H,5-6,9-10,14-15H2,1-3H3,(H,28,31). The lowest BCUT2D eigenvalue weighted by atomic mass is 10.1. The average Bonchev–Trinajstić information content (AvgIpc) is 3.27. The predicted molar refractivity (Wildman–Crippen MR) is 126 cm³/mol. The molecule has 5 nitrogen and oxygen atoms in total. The van der Waals surface area contributed by atoms with E-state index in [4.69, 9.17) is 4.74 Å². The third-order valence-electron chi connectivity index (χ3n) is 5.94. The van der Waals surface area contributed by atoms with Crippen LogP contribution >= 0.6 is 15.9 Å². The number of carbonyl (C=O) groups is 2. The van der Waals surface area contributed by atoms with Crippen LogP contribution in [0.2, 0.25) is 0 Å². The number of nitrogens with one attached hydrogen (secondary N) is 1. The molecule has 1 fully saturated rings. The Balaban J connectivity index is 1.75. The molecule has 1 unspecified atom stereocenters. The van der Waals surface area contributed by atoms with Gasteiger partial charge in [-0.3, -0.25) is 9.59 Å². The average molecular weight is 505 g/mol. The van der Waals surface area contributed by atoms with Gasteiger partial charge in [0, 0.05) is 22.6 Å². The maximum atomic E-state index is 14.3. The maximum Gasteiger partial charge on any atom is 0.261 e. The van der Waals surface area contributed by atoms with Gasteiger partial charge in [0.15, 0.2) is 6.61 Å². The summed E-state index contributed by atoms with van der Waals surface area (Å²) in [7, 11) is 0. The van der Waals surface area contributed by atoms with Crippen molar-refractivity contribution in [3.63, 3.8) is 0 Å². The fourth-order valence-electron chi connectivity index (χ4n) is 4.00. The summed E-state index contributed by atoms with van der Waals surface area (Å²) in [4.78, 5) is 27.4. The van der Waals surface area contributed by atoms with Gasteiger partial charge in [-0.25, -0.2) is 4.39 Å². The lowest BCUT2D eigenvalue weighted by molar-refractivity contribution is -0.142. The van der Waals surface area contributed by atoms with Gasteiger partial charge in [-0.1, -0.05) is 47.0 Å². The normalized spacial score (nSPS) is 14.8. The molecule has 0 aliphatic heterocycles. The van der Waals surface area contributed by atoms with E-state index in [2.05, 4.69) is 21.2 Å². The van der Waals surface area contributed by atoms with Crippen molar-refractivity contribution in [1.82, 2.24) is 10.2 Å². The van der Waals surface area contributed by atoms with E-state index < -0.39 is 11.9 Å². The van der Waals surface area contributed by atoms with Crippen LogP contribution in [0, 0.1) is 19.7 Å². The fraction of sp³-hybridized carbons (Fsp3) is 0.440. The number of carbonyl (C=O) groups excluding carboxylic acids is 2. The highest BCUT2D eigenvalue weighted by atomic mass is 79.9. The molecule has 1 aliphatic rings. The number of ether oxygens (including phenoxy) is 1. The van der Waals surface area contributed by atoms with E-state index in [1.54, 1.807) is 25.1 Å². The van der Waals surface area contributed by atoms with Gasteiger partial charge < -0.3 is 15.0 Å². The molecule has 32 heavy (non-hydrogen) atoms. The van der Waals surface area contributed by atoms with E-state index in [0.717, 1.165) is 41.3 Å². The zero-order valence-electron chi connectivity index (χ0n) is 18.8. The highest BCUT2D eigenvalue weighted by molar-refractivity contribution is 9.10. The molecule has 1 N–H and O–H groups in total. The van der Waals surface area contributed by atoms with Crippen LogP contribution in [0.15, 0.2) is 40.9 Å². The Kier molecular flexibility index (Phi) is 8.29. The van der Waals surface area contributed by atoms with Crippen LogP contribution in [-0.2, 0) is 16.1 Å². The van der Waals surface area contributed by atoms with Crippen molar-refractivity contribution in [2.75, 3.05) is 6.61 Å². The number of aryl methyl sites for hydroxylation is 2. The first-order valence-electron chi connectivity index (χ1n) is 11.0. The quantitative estimate of drug-likeness (QED) is 0.546. The molecule has 1 aliphatic carbocycles. The summed E-state index contributed by atoms with van der Waals surface area (Å²) < 4.78 is 21.1. The molecule has 2 aromatic rings. The van der Waals surface area contributed by atoms with Crippen LogP contribution < -0.4 is 10.1 Å². The minimum absolute atomic E-state index is 0.00743. The summed E-state index contributed by atoms with van der Waals surface area (Å²) >= 11 is 3.52. The van der Waals surface area contributed by atoms with Gasteiger partial charge in [0.05, 0.1) is 0 Å². The second-order valence-electron chi connectivity index (χ2n) is 8.44. The number of halogens is 2. The predicted octanol–water partition coefficient (Wildman–Crippen LogP) is 5.06. The Hall–Kier alpha value is -2.41. The van der Waals surface area contributed by atoms with Crippen molar-refractivity contribution < 1.29 is 18.7 Å². The van der Waals surface area contributed by atoms with Crippen LogP contribution in [0.1, 0.15) is 49.3 Å². The molecule has 172 valence electrons. The van der Waals surface area contributed by atoms with Crippen molar-refractivity contribution in [2.24, 2.45) is 0 Å². The highest BCUT2D eigenvalue weighted by Crippen LogP contribution is 2.26. The molecular formula is C25H30BrFN2O3. The molecular weight excluding hydrogens is 475 g/mol. The number of amides is 2. The molecule has 3 rings (SSSR count). The van der Waals surface area contributed by atoms with Crippen molar-refractivity contribution in [1.29, 1.82) is 0 Å². The van der Waals surface area contributed by atoms with E-state index in [-0.39, 0.29) is 31.0 Å². The summed E-state index contributed by atoms with van der Waals surface area (Å²) in [5.41, 5.74) is 2.36. The Morgan fingerprint density at radius 1 is 1.19 bits per heavy atom. The van der Waals surface area contributed by atoms with Gasteiger partial charge in [0.25, 0.3) is 5.91 Å². The van der Waals surface area contributed by atoms with E-state index in [0.29, 0.717) is 11.3 Å². The lowest BCUT2D eigenvalue weighted by Gasteiger charge is -2.29. The van der Waals surface area contributed by atoms with Crippen molar-refractivity contribution in [3.05, 3.63) is 63.4 Å². The van der Waals surface area contributed by atoms with Crippen molar-refractivity contribution >= 4 is 27.7 Å². The smallest absolute Gasteiger partial charge is 0.261 e. The van der Waals surface area contributed by atoms with Crippen molar-refractivity contribution in [2.45, 2.75) is 65.1 Å². The summed E-state index contributed by atoms with van der Waals surface area (Å²) in [5, 5.41) is 3.04.